The first-order valence-electron chi connectivity index (χ1n) is 8.79. The average molecular weight is 396 g/mol. The number of nitrogen functional groups attached to an aromatic ring is 1. The number of nitrogens with two attached hydrogens (primary N) is 1. The largest absolute Gasteiger partial charge is 0.399 e. The highest BCUT2D eigenvalue weighted by Gasteiger charge is 2.60. The molecule has 2 aliphatic carbocycles. The average Bonchev–Trinajstić information content (AvgIpc) is 3.44. The number of anilines is 1. The van der Waals surface area contributed by atoms with Crippen LogP contribution in [0.1, 0.15) is 46.9 Å². The molecule has 0 aliphatic heterocycles. The van der Waals surface area contributed by atoms with E-state index in [0.717, 1.165) is 5.56 Å². The standard InChI is InChI=1S/C10H9F2NO2.C10H11F2N/c1-6-3-2-4-8(13(14)15)9(6)7-5-10(7,11)12;1-6-2-3-7(13)4-8(6)9-5-10(9,11)12/h2-4,7H,5H2,1H3;2-4,9H,5,13H2,1H3. The molecule has 2 saturated carbocycles. The molecule has 0 heterocycles. The number of halogens is 4. The number of nitro benzene ring substituents is 1. The van der Waals surface area contributed by atoms with Crippen molar-refractivity contribution in [2.75, 3.05) is 5.73 Å². The van der Waals surface area contributed by atoms with Gasteiger partial charge in [-0.05, 0) is 42.7 Å². The monoisotopic (exact) mass is 396 g/mol. The number of rotatable bonds is 3. The summed E-state index contributed by atoms with van der Waals surface area (Å²) < 4.78 is 51.3. The first-order valence-corrected chi connectivity index (χ1v) is 8.79. The highest BCUT2D eigenvalue weighted by molar-refractivity contribution is 5.51. The van der Waals surface area contributed by atoms with Crippen molar-refractivity contribution in [1.29, 1.82) is 0 Å². The molecule has 2 unspecified atom stereocenters. The van der Waals surface area contributed by atoms with Crippen molar-refractivity contribution in [2.24, 2.45) is 0 Å². The lowest BCUT2D eigenvalue weighted by Crippen LogP contribution is -2.00. The zero-order chi connectivity index (χ0) is 20.9. The third kappa shape index (κ3) is 3.95. The van der Waals surface area contributed by atoms with E-state index in [1.165, 1.54) is 12.1 Å². The number of nitro groups is 1. The van der Waals surface area contributed by atoms with Crippen LogP contribution in [0, 0.1) is 24.0 Å². The Morgan fingerprint density at radius 1 is 1.00 bits per heavy atom. The first kappa shape index (κ1) is 20.1. The molecule has 2 aliphatic rings. The minimum absolute atomic E-state index is 0.0305. The number of hydrogen-bond donors (Lipinski definition) is 1. The summed E-state index contributed by atoms with van der Waals surface area (Å²) in [7, 11) is 0. The van der Waals surface area contributed by atoms with Crippen molar-refractivity contribution in [3.8, 4) is 0 Å². The summed E-state index contributed by atoms with van der Waals surface area (Å²) >= 11 is 0. The molecule has 2 aromatic rings. The van der Waals surface area contributed by atoms with E-state index < -0.39 is 28.6 Å². The molecule has 8 heteroatoms. The van der Waals surface area contributed by atoms with Gasteiger partial charge in [-0.1, -0.05) is 18.2 Å². The van der Waals surface area contributed by atoms with Gasteiger partial charge >= 0.3 is 0 Å². The lowest BCUT2D eigenvalue weighted by atomic mass is 10.0. The third-order valence-electron chi connectivity index (χ3n) is 5.18. The summed E-state index contributed by atoms with van der Waals surface area (Å²) in [6.45, 7) is 3.46. The molecule has 2 atom stereocenters. The van der Waals surface area contributed by atoms with Gasteiger partial charge in [-0.25, -0.2) is 17.6 Å². The molecule has 4 rings (SSSR count). The zero-order valence-corrected chi connectivity index (χ0v) is 15.4. The molecule has 2 aromatic carbocycles. The Bertz CT molecular complexity index is 930. The van der Waals surface area contributed by atoms with Crippen LogP contribution in [0.4, 0.5) is 28.9 Å². The maximum atomic E-state index is 12.9. The van der Waals surface area contributed by atoms with Crippen molar-refractivity contribution in [3.63, 3.8) is 0 Å². The van der Waals surface area contributed by atoms with Crippen LogP contribution < -0.4 is 5.73 Å². The molecule has 0 saturated heterocycles. The third-order valence-corrected chi connectivity index (χ3v) is 5.18. The predicted molar refractivity (Wildman–Crippen MR) is 98.0 cm³/mol. The number of hydrogen-bond acceptors (Lipinski definition) is 3. The van der Waals surface area contributed by atoms with Gasteiger partial charge in [0.25, 0.3) is 17.5 Å². The second-order valence-corrected chi connectivity index (χ2v) is 7.42. The molecule has 2 fully saturated rings. The highest BCUT2D eigenvalue weighted by atomic mass is 19.3. The van der Waals surface area contributed by atoms with Crippen LogP contribution in [0.25, 0.3) is 0 Å². The van der Waals surface area contributed by atoms with Crippen molar-refractivity contribution in [1.82, 2.24) is 0 Å². The zero-order valence-electron chi connectivity index (χ0n) is 15.4. The van der Waals surface area contributed by atoms with E-state index in [1.54, 1.807) is 31.2 Å². The fraction of sp³-hybridized carbons (Fsp3) is 0.400. The van der Waals surface area contributed by atoms with E-state index >= 15 is 0 Å². The van der Waals surface area contributed by atoms with E-state index in [2.05, 4.69) is 0 Å². The van der Waals surface area contributed by atoms with Gasteiger partial charge in [-0.15, -0.1) is 0 Å². The first-order chi connectivity index (χ1) is 12.9. The summed E-state index contributed by atoms with van der Waals surface area (Å²) in [6, 6.07) is 9.59. The molecule has 0 aromatic heterocycles. The topological polar surface area (TPSA) is 69.2 Å². The smallest absolute Gasteiger partial charge is 0.273 e. The van der Waals surface area contributed by atoms with E-state index in [-0.39, 0.29) is 24.1 Å². The van der Waals surface area contributed by atoms with Crippen LogP contribution in [0.5, 0.6) is 0 Å². The summed E-state index contributed by atoms with van der Waals surface area (Å²) in [5.41, 5.74) is 8.25. The quantitative estimate of drug-likeness (QED) is 0.312. The van der Waals surface area contributed by atoms with Gasteiger partial charge in [-0.2, -0.15) is 0 Å². The maximum Gasteiger partial charge on any atom is 0.273 e. The summed E-state index contributed by atoms with van der Waals surface area (Å²) in [6.07, 6.45) is -0.310. The molecule has 0 bridgehead atoms. The Kier molecular flexibility index (Phi) is 4.85. The van der Waals surface area contributed by atoms with Gasteiger partial charge in [0, 0.05) is 30.2 Å². The minimum atomic E-state index is -2.77. The fourth-order valence-corrected chi connectivity index (χ4v) is 3.39. The summed E-state index contributed by atoms with van der Waals surface area (Å²) in [4.78, 5) is 10.1. The maximum absolute atomic E-state index is 12.9. The van der Waals surface area contributed by atoms with Gasteiger partial charge in [0.15, 0.2) is 0 Å². The fourth-order valence-electron chi connectivity index (χ4n) is 3.39. The van der Waals surface area contributed by atoms with Gasteiger partial charge < -0.3 is 5.73 Å². The van der Waals surface area contributed by atoms with Crippen molar-refractivity contribution >= 4 is 11.4 Å². The molecule has 150 valence electrons. The van der Waals surface area contributed by atoms with Gasteiger partial charge in [-0.3, -0.25) is 10.1 Å². The molecule has 4 nitrogen and oxygen atoms in total. The Hall–Kier alpha value is -2.64. The Morgan fingerprint density at radius 3 is 2.07 bits per heavy atom. The highest BCUT2D eigenvalue weighted by Crippen LogP contribution is 2.58. The lowest BCUT2D eigenvalue weighted by Gasteiger charge is -2.05. The van der Waals surface area contributed by atoms with Crippen LogP contribution in [0.2, 0.25) is 0 Å². The molecule has 0 amide bonds. The Morgan fingerprint density at radius 2 is 1.57 bits per heavy atom. The molecule has 28 heavy (non-hydrogen) atoms. The number of alkyl halides is 4. The molecular weight excluding hydrogens is 376 g/mol. The van der Waals surface area contributed by atoms with Crippen LogP contribution in [0.15, 0.2) is 36.4 Å². The second-order valence-electron chi connectivity index (χ2n) is 7.42. The molecule has 0 spiro atoms. The minimum Gasteiger partial charge on any atom is -0.399 e. The van der Waals surface area contributed by atoms with Gasteiger partial charge in [0.05, 0.1) is 16.8 Å². The predicted octanol–water partition coefficient (Wildman–Crippen LogP) is 5.73. The molecular formula is C20H20F4N2O2. The Labute approximate surface area is 159 Å². The number of nitrogens with zero attached hydrogens (tertiary/aromatic N) is 1. The van der Waals surface area contributed by atoms with E-state index in [0.29, 0.717) is 16.8 Å². The SMILES string of the molecule is Cc1ccc(N)cc1C1CC1(F)F.Cc1cccc([N+](=O)[O-])c1C1CC1(F)F. The van der Waals surface area contributed by atoms with Gasteiger partial charge in [0.1, 0.15) is 0 Å². The normalized spacial score (nSPS) is 23.4. The van der Waals surface area contributed by atoms with Crippen molar-refractivity contribution < 1.29 is 22.5 Å². The van der Waals surface area contributed by atoms with Crippen LogP contribution in [-0.4, -0.2) is 16.8 Å². The summed E-state index contributed by atoms with van der Waals surface area (Å²) in [5.74, 6) is -6.84. The van der Waals surface area contributed by atoms with E-state index in [9.17, 15) is 27.7 Å². The molecule has 0 radical (unpaired) electrons. The van der Waals surface area contributed by atoms with Gasteiger partial charge in [0.2, 0.25) is 0 Å². The summed E-state index contributed by atoms with van der Waals surface area (Å²) in [5, 5.41) is 10.7. The van der Waals surface area contributed by atoms with E-state index in [1.807, 2.05) is 6.92 Å². The van der Waals surface area contributed by atoms with E-state index in [4.69, 9.17) is 5.73 Å². The number of aryl methyl sites for hydroxylation is 2. The van der Waals surface area contributed by atoms with Crippen molar-refractivity contribution in [3.05, 3.63) is 68.8 Å². The Balaban J connectivity index is 0.000000162. The lowest BCUT2D eigenvalue weighted by molar-refractivity contribution is -0.385. The number of benzene rings is 2. The van der Waals surface area contributed by atoms with Crippen LogP contribution in [-0.2, 0) is 0 Å². The molecule has 2 N–H and O–H groups in total. The van der Waals surface area contributed by atoms with Crippen LogP contribution >= 0.6 is 0 Å². The second kappa shape index (κ2) is 6.76. The van der Waals surface area contributed by atoms with Crippen molar-refractivity contribution in [2.45, 2.75) is 50.4 Å². The van der Waals surface area contributed by atoms with Crippen LogP contribution in [0.3, 0.4) is 0 Å².